The van der Waals surface area contributed by atoms with Gasteiger partial charge >= 0.3 is 5.97 Å². The van der Waals surface area contributed by atoms with Crippen LogP contribution >= 0.6 is 12.6 Å². The molecule has 0 amide bonds. The van der Waals surface area contributed by atoms with Crippen LogP contribution < -0.4 is 14.2 Å². The number of hydrogen-bond acceptors (Lipinski definition) is 6. The molecule has 0 spiro atoms. The molecule has 0 aromatic heterocycles. The standard InChI is InChI=1S/C18H22N2O5S2/c1-13(26)15-8-9-16(20(27(19,22)23)11-18(21)24-2)17(10-15)25-12-14-6-4-3-5-7-14/h3-10,13,26H,11-12H2,1-2H3,(H2,19,22,23). The average Bonchev–Trinajstić information content (AvgIpc) is 2.64. The maximum absolute atomic E-state index is 12.1. The lowest BCUT2D eigenvalue weighted by Gasteiger charge is -2.24. The molecule has 2 aromatic carbocycles. The summed E-state index contributed by atoms with van der Waals surface area (Å²) >= 11 is 4.40. The van der Waals surface area contributed by atoms with Crippen LogP contribution in [0.1, 0.15) is 23.3 Å². The molecule has 7 nitrogen and oxygen atoms in total. The summed E-state index contributed by atoms with van der Waals surface area (Å²) < 4.78 is 35.3. The van der Waals surface area contributed by atoms with Gasteiger partial charge in [-0.15, -0.1) is 0 Å². The minimum atomic E-state index is -4.23. The van der Waals surface area contributed by atoms with Crippen molar-refractivity contribution in [2.45, 2.75) is 18.8 Å². The number of rotatable bonds is 8. The molecule has 0 bridgehead atoms. The lowest BCUT2D eigenvalue weighted by Crippen LogP contribution is -2.41. The van der Waals surface area contributed by atoms with Crippen LogP contribution in [-0.2, 0) is 26.3 Å². The number of hydrogen-bond donors (Lipinski definition) is 2. The molecule has 2 aromatic rings. The molecule has 0 saturated heterocycles. The van der Waals surface area contributed by atoms with Crippen molar-refractivity contribution in [2.75, 3.05) is 18.0 Å². The maximum Gasteiger partial charge on any atom is 0.326 e. The minimum absolute atomic E-state index is 0.0957. The predicted octanol–water partition coefficient (Wildman–Crippen LogP) is 2.44. The van der Waals surface area contributed by atoms with Crippen LogP contribution in [0.5, 0.6) is 5.75 Å². The topological polar surface area (TPSA) is 98.9 Å². The highest BCUT2D eigenvalue weighted by atomic mass is 32.2. The normalized spacial score (nSPS) is 12.3. The Morgan fingerprint density at radius 1 is 1.22 bits per heavy atom. The van der Waals surface area contributed by atoms with Crippen molar-refractivity contribution in [1.29, 1.82) is 0 Å². The number of esters is 1. The SMILES string of the molecule is COC(=O)CN(c1ccc(C(C)S)cc1OCc1ccccc1)S(N)(=O)=O. The van der Waals surface area contributed by atoms with Crippen molar-refractivity contribution in [3.8, 4) is 5.75 Å². The van der Waals surface area contributed by atoms with E-state index in [0.717, 1.165) is 15.4 Å². The Hall–Kier alpha value is -2.23. The lowest BCUT2D eigenvalue weighted by molar-refractivity contribution is -0.138. The number of thiol groups is 1. The molecule has 0 aliphatic heterocycles. The molecule has 0 radical (unpaired) electrons. The van der Waals surface area contributed by atoms with E-state index in [9.17, 15) is 13.2 Å². The Morgan fingerprint density at radius 3 is 2.44 bits per heavy atom. The molecule has 1 unspecified atom stereocenters. The number of carbonyl (C=O) groups is 1. The zero-order valence-corrected chi connectivity index (χ0v) is 16.7. The Kier molecular flexibility index (Phi) is 7.11. The smallest absolute Gasteiger partial charge is 0.326 e. The number of benzene rings is 2. The van der Waals surface area contributed by atoms with Crippen LogP contribution in [0, 0.1) is 0 Å². The van der Waals surface area contributed by atoms with Gasteiger partial charge in [-0.2, -0.15) is 21.0 Å². The van der Waals surface area contributed by atoms with Crippen molar-refractivity contribution < 1.29 is 22.7 Å². The highest BCUT2D eigenvalue weighted by molar-refractivity contribution is 7.90. The number of methoxy groups -OCH3 is 1. The first-order chi connectivity index (χ1) is 12.7. The maximum atomic E-state index is 12.1. The van der Waals surface area contributed by atoms with Crippen LogP contribution in [0.15, 0.2) is 48.5 Å². The van der Waals surface area contributed by atoms with Crippen LogP contribution in [-0.4, -0.2) is 28.0 Å². The van der Waals surface area contributed by atoms with E-state index in [4.69, 9.17) is 9.88 Å². The van der Waals surface area contributed by atoms with Crippen LogP contribution in [0.25, 0.3) is 0 Å². The fourth-order valence-electron chi connectivity index (χ4n) is 2.34. The molecule has 2 N–H and O–H groups in total. The predicted molar refractivity (Wildman–Crippen MR) is 107 cm³/mol. The molecule has 2 rings (SSSR count). The van der Waals surface area contributed by atoms with E-state index in [2.05, 4.69) is 17.4 Å². The van der Waals surface area contributed by atoms with Gasteiger partial charge in [-0.25, -0.2) is 9.44 Å². The molecule has 0 aliphatic carbocycles. The van der Waals surface area contributed by atoms with Gasteiger partial charge in [0.1, 0.15) is 18.9 Å². The summed E-state index contributed by atoms with van der Waals surface area (Å²) in [5.74, 6) is -0.472. The molecule has 9 heteroatoms. The first kappa shape index (κ1) is 21.1. The fourth-order valence-corrected chi connectivity index (χ4v) is 3.21. The summed E-state index contributed by atoms with van der Waals surface area (Å²) in [6, 6.07) is 14.3. The number of anilines is 1. The van der Waals surface area contributed by atoms with Crippen molar-refractivity contribution in [2.24, 2.45) is 5.14 Å². The molecule has 0 fully saturated rings. The van der Waals surface area contributed by atoms with E-state index >= 15 is 0 Å². The average molecular weight is 411 g/mol. The first-order valence-corrected chi connectivity index (χ1v) is 10.1. The van der Waals surface area contributed by atoms with Crippen molar-refractivity contribution in [1.82, 2.24) is 0 Å². The number of carbonyl (C=O) groups excluding carboxylic acids is 1. The summed E-state index contributed by atoms with van der Waals surface area (Å²) in [6.45, 7) is 1.53. The molecule has 27 heavy (non-hydrogen) atoms. The lowest BCUT2D eigenvalue weighted by atomic mass is 10.1. The second-order valence-corrected chi connectivity index (χ2v) is 8.05. The first-order valence-electron chi connectivity index (χ1n) is 8.08. The van der Waals surface area contributed by atoms with Gasteiger partial charge in [0.15, 0.2) is 0 Å². The summed E-state index contributed by atoms with van der Waals surface area (Å²) in [5.41, 5.74) is 1.89. The van der Waals surface area contributed by atoms with Gasteiger partial charge in [0.05, 0.1) is 12.8 Å². The second-order valence-electron chi connectivity index (χ2n) is 5.81. The minimum Gasteiger partial charge on any atom is -0.487 e. The summed E-state index contributed by atoms with van der Waals surface area (Å²) in [7, 11) is -3.06. The molecular formula is C18H22N2O5S2. The van der Waals surface area contributed by atoms with Crippen molar-refractivity contribution in [3.63, 3.8) is 0 Å². The van der Waals surface area contributed by atoms with Crippen molar-refractivity contribution in [3.05, 3.63) is 59.7 Å². The highest BCUT2D eigenvalue weighted by Gasteiger charge is 2.25. The van der Waals surface area contributed by atoms with E-state index < -0.39 is 22.7 Å². The van der Waals surface area contributed by atoms with E-state index in [1.165, 1.54) is 13.2 Å². The third kappa shape index (κ3) is 5.88. The largest absolute Gasteiger partial charge is 0.487 e. The monoisotopic (exact) mass is 410 g/mol. The van der Waals surface area contributed by atoms with Gasteiger partial charge < -0.3 is 9.47 Å². The quantitative estimate of drug-likeness (QED) is 0.514. The molecular weight excluding hydrogens is 388 g/mol. The van der Waals surface area contributed by atoms with Gasteiger partial charge in [-0.3, -0.25) is 4.79 Å². The van der Waals surface area contributed by atoms with Gasteiger partial charge in [-0.05, 0) is 30.2 Å². The van der Waals surface area contributed by atoms with Crippen LogP contribution in [0.3, 0.4) is 0 Å². The molecule has 0 saturated carbocycles. The number of nitrogens with two attached hydrogens (primary N) is 1. The number of nitrogens with zero attached hydrogens (tertiary/aromatic N) is 1. The van der Waals surface area contributed by atoms with E-state index in [0.29, 0.717) is 0 Å². The summed E-state index contributed by atoms with van der Waals surface area (Å²) in [4.78, 5) is 11.7. The second kappa shape index (κ2) is 9.12. The fraction of sp³-hybridized carbons (Fsp3) is 0.278. The summed E-state index contributed by atoms with van der Waals surface area (Å²) in [6.07, 6.45) is 0. The number of ether oxygens (including phenoxy) is 2. The third-order valence-electron chi connectivity index (χ3n) is 3.78. The Bertz CT molecular complexity index is 886. The molecule has 146 valence electrons. The summed E-state index contributed by atoms with van der Waals surface area (Å²) in [5, 5.41) is 5.21. The van der Waals surface area contributed by atoms with Crippen LogP contribution in [0.4, 0.5) is 5.69 Å². The van der Waals surface area contributed by atoms with Crippen molar-refractivity contribution >= 4 is 34.5 Å². The van der Waals surface area contributed by atoms with Gasteiger partial charge in [0.2, 0.25) is 0 Å². The van der Waals surface area contributed by atoms with Gasteiger partial charge in [0, 0.05) is 5.25 Å². The zero-order chi connectivity index (χ0) is 20.0. The van der Waals surface area contributed by atoms with E-state index in [-0.39, 0.29) is 23.3 Å². The molecule has 0 heterocycles. The van der Waals surface area contributed by atoms with Gasteiger partial charge in [-0.1, -0.05) is 36.4 Å². The van der Waals surface area contributed by atoms with E-state index in [1.54, 1.807) is 12.1 Å². The van der Waals surface area contributed by atoms with Crippen LogP contribution in [0.2, 0.25) is 0 Å². The third-order valence-corrected chi connectivity index (χ3v) is 5.02. The Morgan fingerprint density at radius 2 is 1.89 bits per heavy atom. The molecule has 0 aliphatic rings. The highest BCUT2D eigenvalue weighted by Crippen LogP contribution is 2.34. The molecule has 1 atom stereocenters. The van der Waals surface area contributed by atoms with E-state index in [1.807, 2.05) is 37.3 Å². The Balaban J connectivity index is 2.44. The zero-order valence-electron chi connectivity index (χ0n) is 15.0. The van der Waals surface area contributed by atoms with Gasteiger partial charge in [0.25, 0.3) is 10.2 Å². The Labute approximate surface area is 164 Å².